The Labute approximate surface area is 131 Å². The van der Waals surface area contributed by atoms with Gasteiger partial charge in [-0.2, -0.15) is 0 Å². The lowest BCUT2D eigenvalue weighted by molar-refractivity contribution is 0.0343. The normalized spacial score (nSPS) is 16.7. The van der Waals surface area contributed by atoms with Crippen molar-refractivity contribution in [3.05, 3.63) is 59.9 Å². The van der Waals surface area contributed by atoms with Crippen LogP contribution in [0.5, 0.6) is 0 Å². The molecule has 110 valence electrons. The van der Waals surface area contributed by atoms with E-state index >= 15 is 0 Å². The van der Waals surface area contributed by atoms with Gasteiger partial charge in [0.15, 0.2) is 0 Å². The SMILES string of the molecule is CC1(C)COB(c2ccc(C#Cc3ccccn3)cc2)OC1. The van der Waals surface area contributed by atoms with E-state index in [9.17, 15) is 0 Å². The molecule has 0 amide bonds. The van der Waals surface area contributed by atoms with Crippen LogP contribution >= 0.6 is 0 Å². The van der Waals surface area contributed by atoms with Crippen molar-refractivity contribution in [3.63, 3.8) is 0 Å². The molecule has 2 heterocycles. The molecule has 0 N–H and O–H groups in total. The van der Waals surface area contributed by atoms with Crippen LogP contribution in [0.2, 0.25) is 0 Å². The molecule has 0 spiro atoms. The molecule has 1 aliphatic rings. The maximum Gasteiger partial charge on any atom is 0.493 e. The van der Waals surface area contributed by atoms with E-state index in [-0.39, 0.29) is 12.5 Å². The third-order valence-corrected chi connectivity index (χ3v) is 3.43. The molecule has 0 radical (unpaired) electrons. The Balaban J connectivity index is 1.68. The van der Waals surface area contributed by atoms with Crippen molar-refractivity contribution in [3.8, 4) is 11.8 Å². The summed E-state index contributed by atoms with van der Waals surface area (Å²) in [6.07, 6.45) is 1.74. The van der Waals surface area contributed by atoms with Gasteiger partial charge in [0.1, 0.15) is 5.69 Å². The zero-order valence-electron chi connectivity index (χ0n) is 12.9. The van der Waals surface area contributed by atoms with Gasteiger partial charge in [-0.15, -0.1) is 0 Å². The number of aromatic nitrogens is 1. The molecular formula is C18H18BNO2. The van der Waals surface area contributed by atoms with Crippen LogP contribution in [-0.2, 0) is 9.31 Å². The van der Waals surface area contributed by atoms with Crippen molar-refractivity contribution in [2.24, 2.45) is 5.41 Å². The zero-order valence-corrected chi connectivity index (χ0v) is 12.9. The monoisotopic (exact) mass is 291 g/mol. The molecule has 1 aliphatic heterocycles. The summed E-state index contributed by atoms with van der Waals surface area (Å²) in [6, 6.07) is 13.7. The smallest absolute Gasteiger partial charge is 0.407 e. The van der Waals surface area contributed by atoms with Gasteiger partial charge < -0.3 is 9.31 Å². The predicted molar refractivity (Wildman–Crippen MR) is 87.7 cm³/mol. The summed E-state index contributed by atoms with van der Waals surface area (Å²) in [5.41, 5.74) is 2.84. The molecule has 4 heteroatoms. The van der Waals surface area contributed by atoms with Gasteiger partial charge in [-0.05, 0) is 35.6 Å². The van der Waals surface area contributed by atoms with Gasteiger partial charge in [-0.1, -0.05) is 38.0 Å². The highest BCUT2D eigenvalue weighted by Crippen LogP contribution is 2.21. The highest BCUT2D eigenvalue weighted by Gasteiger charge is 2.33. The van der Waals surface area contributed by atoms with Crippen molar-refractivity contribution in [2.75, 3.05) is 13.2 Å². The van der Waals surface area contributed by atoms with Crippen LogP contribution in [0.1, 0.15) is 25.1 Å². The highest BCUT2D eigenvalue weighted by molar-refractivity contribution is 6.61. The number of pyridine rings is 1. The van der Waals surface area contributed by atoms with Crippen LogP contribution < -0.4 is 5.46 Å². The minimum Gasteiger partial charge on any atom is -0.407 e. The van der Waals surface area contributed by atoms with Gasteiger partial charge in [0.2, 0.25) is 0 Å². The second kappa shape index (κ2) is 6.35. The molecule has 3 rings (SSSR count). The molecule has 0 saturated carbocycles. The molecule has 2 aromatic rings. The average molecular weight is 291 g/mol. The highest BCUT2D eigenvalue weighted by atomic mass is 16.6. The molecule has 0 atom stereocenters. The van der Waals surface area contributed by atoms with E-state index in [1.165, 1.54) is 0 Å². The van der Waals surface area contributed by atoms with Gasteiger partial charge in [0.05, 0.1) is 0 Å². The van der Waals surface area contributed by atoms with Gasteiger partial charge >= 0.3 is 7.12 Å². The lowest BCUT2D eigenvalue weighted by Crippen LogP contribution is -2.47. The zero-order chi connectivity index (χ0) is 15.4. The minimum atomic E-state index is -0.272. The maximum atomic E-state index is 5.78. The topological polar surface area (TPSA) is 31.4 Å². The summed E-state index contributed by atoms with van der Waals surface area (Å²) in [5, 5.41) is 0. The molecule has 1 fully saturated rings. The lowest BCUT2D eigenvalue weighted by atomic mass is 9.76. The van der Waals surface area contributed by atoms with E-state index in [0.717, 1.165) is 16.7 Å². The standard InChI is InChI=1S/C18H18BNO2/c1-18(2)13-21-19(22-14-18)16-9-6-15(7-10-16)8-11-17-5-3-4-12-20-17/h3-7,9-10,12H,13-14H2,1-2H3. The van der Waals surface area contributed by atoms with Gasteiger partial charge in [0, 0.05) is 30.4 Å². The number of hydrogen-bond acceptors (Lipinski definition) is 3. The Bertz CT molecular complexity index is 677. The number of rotatable bonds is 1. The minimum absolute atomic E-state index is 0.0879. The summed E-state index contributed by atoms with van der Waals surface area (Å²) in [6.45, 7) is 5.69. The van der Waals surface area contributed by atoms with Crippen molar-refractivity contribution in [1.29, 1.82) is 0 Å². The molecule has 22 heavy (non-hydrogen) atoms. The first-order valence-corrected chi connectivity index (χ1v) is 7.39. The second-order valence-electron chi connectivity index (χ2n) is 6.21. The first-order valence-electron chi connectivity index (χ1n) is 7.39. The first kappa shape index (κ1) is 14.8. The van der Waals surface area contributed by atoms with Crippen molar-refractivity contribution in [2.45, 2.75) is 13.8 Å². The van der Waals surface area contributed by atoms with Crippen molar-refractivity contribution >= 4 is 12.6 Å². The maximum absolute atomic E-state index is 5.78. The number of nitrogens with zero attached hydrogens (tertiary/aromatic N) is 1. The fourth-order valence-electron chi connectivity index (χ4n) is 2.18. The average Bonchev–Trinajstić information content (AvgIpc) is 2.55. The third kappa shape index (κ3) is 3.76. The van der Waals surface area contributed by atoms with Crippen LogP contribution in [0.15, 0.2) is 48.7 Å². The van der Waals surface area contributed by atoms with Crippen LogP contribution in [0.25, 0.3) is 0 Å². The van der Waals surface area contributed by atoms with Crippen LogP contribution in [0.3, 0.4) is 0 Å². The van der Waals surface area contributed by atoms with E-state index in [1.807, 2.05) is 42.5 Å². The van der Waals surface area contributed by atoms with E-state index < -0.39 is 0 Å². The predicted octanol–water partition coefficient (Wildman–Crippen LogP) is 2.25. The van der Waals surface area contributed by atoms with Gasteiger partial charge in [0.25, 0.3) is 0 Å². The van der Waals surface area contributed by atoms with Crippen LogP contribution in [0, 0.1) is 17.3 Å². The second-order valence-corrected chi connectivity index (χ2v) is 6.21. The van der Waals surface area contributed by atoms with E-state index in [0.29, 0.717) is 13.2 Å². The Kier molecular flexibility index (Phi) is 4.28. The van der Waals surface area contributed by atoms with Crippen molar-refractivity contribution < 1.29 is 9.31 Å². The molecule has 1 saturated heterocycles. The molecule has 0 unspecified atom stereocenters. The van der Waals surface area contributed by atoms with Gasteiger partial charge in [-0.25, -0.2) is 4.98 Å². The lowest BCUT2D eigenvalue weighted by Gasteiger charge is -2.33. The van der Waals surface area contributed by atoms with E-state index in [2.05, 4.69) is 30.7 Å². The van der Waals surface area contributed by atoms with E-state index in [1.54, 1.807) is 6.20 Å². The summed E-state index contributed by atoms with van der Waals surface area (Å²) in [7, 11) is -0.272. The fourth-order valence-corrected chi connectivity index (χ4v) is 2.18. The number of benzene rings is 1. The largest absolute Gasteiger partial charge is 0.493 e. The quantitative estimate of drug-likeness (QED) is 0.596. The summed E-state index contributed by atoms with van der Waals surface area (Å²) >= 11 is 0. The van der Waals surface area contributed by atoms with Gasteiger partial charge in [-0.3, -0.25) is 0 Å². The Morgan fingerprint density at radius 2 is 1.73 bits per heavy atom. The van der Waals surface area contributed by atoms with Crippen LogP contribution in [-0.4, -0.2) is 25.3 Å². The molecule has 3 nitrogen and oxygen atoms in total. The third-order valence-electron chi connectivity index (χ3n) is 3.43. The van der Waals surface area contributed by atoms with Crippen LogP contribution in [0.4, 0.5) is 0 Å². The Hall–Kier alpha value is -2.09. The molecule has 0 aliphatic carbocycles. The number of hydrogen-bond donors (Lipinski definition) is 0. The summed E-state index contributed by atoms with van der Waals surface area (Å²) < 4.78 is 11.6. The Morgan fingerprint density at radius 1 is 1.00 bits per heavy atom. The molecule has 1 aromatic heterocycles. The molecular weight excluding hydrogens is 273 g/mol. The fraction of sp³-hybridized carbons (Fsp3) is 0.278. The van der Waals surface area contributed by atoms with E-state index in [4.69, 9.17) is 9.31 Å². The summed E-state index contributed by atoms with van der Waals surface area (Å²) in [5.74, 6) is 6.16. The molecule has 1 aromatic carbocycles. The first-order chi connectivity index (χ1) is 10.6. The summed E-state index contributed by atoms with van der Waals surface area (Å²) in [4.78, 5) is 4.18. The molecule has 0 bridgehead atoms. The van der Waals surface area contributed by atoms with Crippen molar-refractivity contribution in [1.82, 2.24) is 4.98 Å². The Morgan fingerprint density at radius 3 is 2.36 bits per heavy atom.